The number of carbonyl (C=O) groups is 1. The Bertz CT molecular complexity index is 104. The number of Topliss-reactive ketones (excluding diaryl/α,β-unsaturated/α-hetero) is 1. The van der Waals surface area contributed by atoms with Gasteiger partial charge in [-0.15, -0.1) is 11.6 Å². The van der Waals surface area contributed by atoms with Gasteiger partial charge in [0.05, 0.1) is 12.0 Å². The second-order valence-electron chi connectivity index (χ2n) is 2.20. The van der Waals surface area contributed by atoms with E-state index in [9.17, 15) is 4.79 Å². The van der Waals surface area contributed by atoms with Gasteiger partial charge < -0.3 is 4.74 Å². The SMILES string of the molecule is CC[C@@H](C)OCC(=O)CCl. The molecule has 0 saturated heterocycles. The molecule has 1 atom stereocenters. The maximum Gasteiger partial charge on any atom is 0.173 e. The van der Waals surface area contributed by atoms with Crippen molar-refractivity contribution in [1.82, 2.24) is 0 Å². The van der Waals surface area contributed by atoms with E-state index in [2.05, 4.69) is 0 Å². The number of hydrogen-bond acceptors (Lipinski definition) is 2. The van der Waals surface area contributed by atoms with Crippen molar-refractivity contribution in [3.8, 4) is 0 Å². The Morgan fingerprint density at radius 3 is 2.70 bits per heavy atom. The van der Waals surface area contributed by atoms with Gasteiger partial charge in [0.25, 0.3) is 0 Å². The molecule has 60 valence electrons. The largest absolute Gasteiger partial charge is 0.371 e. The maximum absolute atomic E-state index is 10.6. The Hall–Kier alpha value is -0.0800. The average Bonchev–Trinajstić information content (AvgIpc) is 1.99. The summed E-state index contributed by atoms with van der Waals surface area (Å²) in [5.74, 6) is -0.00172. The second kappa shape index (κ2) is 5.69. The lowest BCUT2D eigenvalue weighted by Gasteiger charge is -2.07. The van der Waals surface area contributed by atoms with Crippen molar-refractivity contribution in [3.05, 3.63) is 0 Å². The molecule has 10 heavy (non-hydrogen) atoms. The molecular formula is C7H13ClO2. The highest BCUT2D eigenvalue weighted by atomic mass is 35.5. The molecular weight excluding hydrogens is 152 g/mol. The third-order valence-corrected chi connectivity index (χ3v) is 1.55. The average molecular weight is 165 g/mol. The summed E-state index contributed by atoms with van der Waals surface area (Å²) >= 11 is 5.25. The van der Waals surface area contributed by atoms with Gasteiger partial charge in [0.15, 0.2) is 5.78 Å². The number of ketones is 1. The normalized spacial score (nSPS) is 13.1. The van der Waals surface area contributed by atoms with Crippen molar-refractivity contribution in [3.63, 3.8) is 0 Å². The summed E-state index contributed by atoms with van der Waals surface area (Å²) in [5.41, 5.74) is 0. The van der Waals surface area contributed by atoms with Crippen LogP contribution in [0.2, 0.25) is 0 Å². The van der Waals surface area contributed by atoms with Gasteiger partial charge in [-0.3, -0.25) is 4.79 Å². The minimum Gasteiger partial charge on any atom is -0.371 e. The molecule has 0 rings (SSSR count). The third-order valence-electron chi connectivity index (χ3n) is 1.25. The molecule has 0 fully saturated rings. The van der Waals surface area contributed by atoms with E-state index in [1.165, 1.54) is 0 Å². The minimum atomic E-state index is -0.0537. The fraction of sp³-hybridized carbons (Fsp3) is 0.857. The first kappa shape index (κ1) is 9.92. The molecule has 0 aliphatic heterocycles. The van der Waals surface area contributed by atoms with Crippen LogP contribution < -0.4 is 0 Å². The third kappa shape index (κ3) is 4.77. The van der Waals surface area contributed by atoms with Crippen LogP contribution in [0.5, 0.6) is 0 Å². The lowest BCUT2D eigenvalue weighted by Crippen LogP contribution is -2.15. The molecule has 0 spiro atoms. The minimum absolute atomic E-state index is 0.0520. The van der Waals surface area contributed by atoms with Crippen molar-refractivity contribution in [2.75, 3.05) is 12.5 Å². The summed E-state index contributed by atoms with van der Waals surface area (Å²) in [5, 5.41) is 0. The Morgan fingerprint density at radius 2 is 2.30 bits per heavy atom. The molecule has 0 saturated carbocycles. The maximum atomic E-state index is 10.6. The quantitative estimate of drug-likeness (QED) is 0.578. The van der Waals surface area contributed by atoms with E-state index in [0.29, 0.717) is 0 Å². The lowest BCUT2D eigenvalue weighted by atomic mass is 10.3. The molecule has 0 heterocycles. The van der Waals surface area contributed by atoms with Crippen LogP contribution in [-0.4, -0.2) is 24.4 Å². The first-order chi connectivity index (χ1) is 4.70. The zero-order valence-electron chi connectivity index (χ0n) is 6.39. The van der Waals surface area contributed by atoms with E-state index in [1.54, 1.807) is 0 Å². The lowest BCUT2D eigenvalue weighted by molar-refractivity contribution is -0.122. The van der Waals surface area contributed by atoms with Crippen LogP contribution in [-0.2, 0) is 9.53 Å². The standard InChI is InChI=1S/C7H13ClO2/c1-3-6(2)10-5-7(9)4-8/h6H,3-5H2,1-2H3/t6-/m1/s1. The molecule has 0 N–H and O–H groups in total. The molecule has 0 radical (unpaired) electrons. The highest BCUT2D eigenvalue weighted by Crippen LogP contribution is 1.95. The van der Waals surface area contributed by atoms with Crippen LogP contribution in [0, 0.1) is 0 Å². The molecule has 0 amide bonds. The number of halogens is 1. The van der Waals surface area contributed by atoms with E-state index in [4.69, 9.17) is 16.3 Å². The van der Waals surface area contributed by atoms with Gasteiger partial charge in [-0.05, 0) is 13.3 Å². The summed E-state index contributed by atoms with van der Waals surface area (Å²) < 4.78 is 5.11. The molecule has 0 aliphatic carbocycles. The highest BCUT2D eigenvalue weighted by molar-refractivity contribution is 6.27. The summed E-state index contributed by atoms with van der Waals surface area (Å²) in [6, 6.07) is 0. The topological polar surface area (TPSA) is 26.3 Å². The van der Waals surface area contributed by atoms with E-state index in [-0.39, 0.29) is 24.4 Å². The highest BCUT2D eigenvalue weighted by Gasteiger charge is 2.02. The number of ether oxygens (including phenoxy) is 1. The van der Waals surface area contributed by atoms with Crippen LogP contribution in [0.4, 0.5) is 0 Å². The number of hydrogen-bond donors (Lipinski definition) is 0. The van der Waals surface area contributed by atoms with Crippen molar-refractivity contribution >= 4 is 17.4 Å². The van der Waals surface area contributed by atoms with Crippen molar-refractivity contribution < 1.29 is 9.53 Å². The Kier molecular flexibility index (Phi) is 5.64. The predicted octanol–water partition coefficient (Wildman–Crippen LogP) is 1.61. The van der Waals surface area contributed by atoms with Crippen LogP contribution >= 0.6 is 11.6 Å². The van der Waals surface area contributed by atoms with Crippen LogP contribution in [0.15, 0.2) is 0 Å². The fourth-order valence-electron chi connectivity index (χ4n) is 0.392. The van der Waals surface area contributed by atoms with Gasteiger partial charge in [0.1, 0.15) is 6.61 Å². The Labute approximate surface area is 66.5 Å². The number of rotatable bonds is 5. The first-order valence-electron chi connectivity index (χ1n) is 3.40. The summed E-state index contributed by atoms with van der Waals surface area (Å²) in [6.07, 6.45) is 1.09. The number of carbonyl (C=O) groups excluding carboxylic acids is 1. The number of alkyl halides is 1. The van der Waals surface area contributed by atoms with Crippen molar-refractivity contribution in [2.45, 2.75) is 26.4 Å². The van der Waals surface area contributed by atoms with E-state index < -0.39 is 0 Å². The van der Waals surface area contributed by atoms with Gasteiger partial charge in [-0.2, -0.15) is 0 Å². The molecule has 0 unspecified atom stereocenters. The van der Waals surface area contributed by atoms with Crippen molar-refractivity contribution in [1.29, 1.82) is 0 Å². The monoisotopic (exact) mass is 164 g/mol. The van der Waals surface area contributed by atoms with Gasteiger partial charge in [0.2, 0.25) is 0 Å². The predicted molar refractivity (Wildman–Crippen MR) is 41.4 cm³/mol. The molecule has 0 aromatic rings. The van der Waals surface area contributed by atoms with E-state index in [0.717, 1.165) is 6.42 Å². The molecule has 0 aliphatic rings. The summed E-state index contributed by atoms with van der Waals surface area (Å²) in [4.78, 5) is 10.6. The molecule has 0 aromatic carbocycles. The first-order valence-corrected chi connectivity index (χ1v) is 3.93. The molecule has 3 heteroatoms. The van der Waals surface area contributed by atoms with Crippen molar-refractivity contribution in [2.24, 2.45) is 0 Å². The van der Waals surface area contributed by atoms with Gasteiger partial charge in [-0.1, -0.05) is 6.92 Å². The van der Waals surface area contributed by atoms with E-state index in [1.807, 2.05) is 13.8 Å². The molecule has 0 bridgehead atoms. The van der Waals surface area contributed by atoms with Crippen LogP contribution in [0.25, 0.3) is 0 Å². The second-order valence-corrected chi connectivity index (χ2v) is 2.47. The fourth-order valence-corrected chi connectivity index (χ4v) is 0.469. The Morgan fingerprint density at radius 1 is 1.70 bits per heavy atom. The van der Waals surface area contributed by atoms with Gasteiger partial charge in [0, 0.05) is 0 Å². The summed E-state index contributed by atoms with van der Waals surface area (Å²) in [6.45, 7) is 4.09. The smallest absolute Gasteiger partial charge is 0.173 e. The van der Waals surface area contributed by atoms with Crippen LogP contribution in [0.1, 0.15) is 20.3 Å². The summed E-state index contributed by atoms with van der Waals surface area (Å²) in [7, 11) is 0. The zero-order chi connectivity index (χ0) is 7.98. The van der Waals surface area contributed by atoms with E-state index >= 15 is 0 Å². The molecule has 2 nitrogen and oxygen atoms in total. The molecule has 0 aromatic heterocycles. The van der Waals surface area contributed by atoms with Gasteiger partial charge >= 0.3 is 0 Å². The Balaban J connectivity index is 3.26. The van der Waals surface area contributed by atoms with Crippen LogP contribution in [0.3, 0.4) is 0 Å². The zero-order valence-corrected chi connectivity index (χ0v) is 7.15. The van der Waals surface area contributed by atoms with Gasteiger partial charge in [-0.25, -0.2) is 0 Å².